The molecule has 0 spiro atoms. The number of aromatic hydroxyl groups is 1. The number of para-hydroxylation sites is 2. The topological polar surface area (TPSA) is 166 Å². The number of benzene rings is 2. The summed E-state index contributed by atoms with van der Waals surface area (Å²) in [6.07, 6.45) is 25.2. The highest BCUT2D eigenvalue weighted by Gasteiger charge is 2.40. The lowest BCUT2D eigenvalue weighted by molar-refractivity contribution is -0.153. The first-order valence-corrected chi connectivity index (χ1v) is 18.2. The lowest BCUT2D eigenvalue weighted by atomic mass is 9.86. The smallest absolute Gasteiger partial charge is 0.347 e. The molecule has 2 aromatic carbocycles. The van der Waals surface area contributed by atoms with Crippen LogP contribution in [0.25, 0.3) is 0 Å². The molecule has 2 rings (SSSR count). The molecule has 0 radical (unpaired) electrons. The summed E-state index contributed by atoms with van der Waals surface area (Å²) < 4.78 is 16.5. The van der Waals surface area contributed by atoms with Crippen LogP contribution in [0.1, 0.15) is 99.3 Å². The summed E-state index contributed by atoms with van der Waals surface area (Å²) in [4.78, 5) is 63.1. The molecule has 0 saturated heterocycles. The normalized spacial score (nSPS) is 12.5. The molecule has 0 unspecified atom stereocenters. The number of hydrogen-bond acceptors (Lipinski definition) is 9. The Kier molecular flexibility index (Phi) is 20.8. The number of amides is 1. The third kappa shape index (κ3) is 17.7. The summed E-state index contributed by atoms with van der Waals surface area (Å²) in [6, 6.07) is 11.4. The summed E-state index contributed by atoms with van der Waals surface area (Å²) in [6.45, 7) is 4.73. The fourth-order valence-electron chi connectivity index (χ4n) is 4.80. The van der Waals surface area contributed by atoms with Gasteiger partial charge in [-0.1, -0.05) is 106 Å². The molecule has 0 aliphatic heterocycles. The molecule has 2 aromatic rings. The van der Waals surface area contributed by atoms with Gasteiger partial charge in [-0.2, -0.15) is 0 Å². The van der Waals surface area contributed by atoms with Gasteiger partial charge in [0.05, 0.1) is 6.42 Å². The highest BCUT2D eigenvalue weighted by atomic mass is 16.6. The zero-order valence-corrected chi connectivity index (χ0v) is 31.4. The second kappa shape index (κ2) is 25.3. The van der Waals surface area contributed by atoms with E-state index < -0.39 is 41.3 Å². The lowest BCUT2D eigenvalue weighted by Crippen LogP contribution is -2.49. The van der Waals surface area contributed by atoms with E-state index >= 15 is 0 Å². The molecule has 1 atom stereocenters. The minimum Gasteiger partial charge on any atom is -0.507 e. The number of ether oxygens (including phenoxy) is 3. The minimum absolute atomic E-state index is 0.128. The second-order valence-corrected chi connectivity index (χ2v) is 12.9. The standard InChI is InChI=1S/C43H53NO10/c1-4-5-6-7-8-9-10-11-12-13-14-15-16-17-18-19-20-29-38(48)52-32-43(2,3)39(40(49)44-31-30-37(46)47)54-42(51)34-26-22-24-28-36(34)53-41(50)33-25-21-23-27-35(33)45/h5-6,8-9,11-12,14-15,17-18,21-28,39,45H,4,7,10,13,16,19-20,29-32H2,1-3H3,(H,44,49)(H,46,47)/b6-5-,9-8-,12-11-,15-14-,18-17-/t39-/m1/s1. The van der Waals surface area contributed by atoms with Gasteiger partial charge in [0.25, 0.3) is 5.91 Å². The average molecular weight is 744 g/mol. The minimum atomic E-state index is -1.53. The van der Waals surface area contributed by atoms with Crippen LogP contribution < -0.4 is 10.1 Å². The Balaban J connectivity index is 1.92. The fourth-order valence-corrected chi connectivity index (χ4v) is 4.80. The van der Waals surface area contributed by atoms with Gasteiger partial charge in [-0.3, -0.25) is 14.4 Å². The number of hydrogen-bond donors (Lipinski definition) is 3. The predicted molar refractivity (Wildman–Crippen MR) is 207 cm³/mol. The Morgan fingerprint density at radius 2 is 1.30 bits per heavy atom. The van der Waals surface area contributed by atoms with Gasteiger partial charge in [0.2, 0.25) is 0 Å². The summed E-state index contributed by atoms with van der Waals surface area (Å²) in [5, 5.41) is 21.5. The van der Waals surface area contributed by atoms with Crippen LogP contribution in [-0.2, 0) is 23.9 Å². The van der Waals surface area contributed by atoms with Crippen LogP contribution in [0.2, 0.25) is 0 Å². The van der Waals surface area contributed by atoms with Gasteiger partial charge in [0, 0.05) is 18.4 Å². The number of allylic oxidation sites excluding steroid dienone is 10. The second-order valence-electron chi connectivity index (χ2n) is 12.9. The number of carboxylic acids is 1. The highest BCUT2D eigenvalue weighted by Crippen LogP contribution is 2.29. The SMILES string of the molecule is CC/C=C\C/C=C\C/C=C\C/C=C\C/C=C\CCCC(=O)OCC(C)(C)[C@H](OC(=O)c1ccccc1OC(=O)c1ccccc1O)C(=O)NCCC(=O)O. The van der Waals surface area contributed by atoms with Crippen molar-refractivity contribution in [2.45, 2.75) is 84.7 Å². The zero-order chi connectivity index (χ0) is 39.6. The van der Waals surface area contributed by atoms with Crippen LogP contribution in [-0.4, -0.2) is 59.3 Å². The van der Waals surface area contributed by atoms with Gasteiger partial charge >= 0.3 is 23.9 Å². The maximum absolute atomic E-state index is 13.5. The number of carboxylic acid groups (broad SMARTS) is 1. The number of aliphatic carboxylic acids is 1. The number of unbranched alkanes of at least 4 members (excludes halogenated alkanes) is 1. The number of rotatable bonds is 24. The van der Waals surface area contributed by atoms with Crippen LogP contribution in [0, 0.1) is 5.41 Å². The Labute approximate surface area is 318 Å². The van der Waals surface area contributed by atoms with E-state index in [9.17, 15) is 29.1 Å². The van der Waals surface area contributed by atoms with Crippen molar-refractivity contribution in [3.05, 3.63) is 120 Å². The third-order valence-corrected chi connectivity index (χ3v) is 7.76. The summed E-state index contributed by atoms with van der Waals surface area (Å²) in [5.74, 6) is -4.87. The van der Waals surface area contributed by atoms with Crippen molar-refractivity contribution in [3.63, 3.8) is 0 Å². The third-order valence-electron chi connectivity index (χ3n) is 7.76. The van der Waals surface area contributed by atoms with Gasteiger partial charge in [0.1, 0.15) is 29.2 Å². The van der Waals surface area contributed by atoms with Gasteiger partial charge < -0.3 is 29.7 Å². The summed E-state index contributed by atoms with van der Waals surface area (Å²) in [7, 11) is 0. The molecule has 0 saturated carbocycles. The maximum atomic E-state index is 13.5. The molecule has 54 heavy (non-hydrogen) atoms. The van der Waals surface area contributed by atoms with Crippen LogP contribution in [0.15, 0.2) is 109 Å². The first-order chi connectivity index (χ1) is 26.0. The predicted octanol–water partition coefficient (Wildman–Crippen LogP) is 8.22. The molecule has 0 aliphatic carbocycles. The van der Waals surface area contributed by atoms with Crippen molar-refractivity contribution >= 4 is 29.8 Å². The lowest BCUT2D eigenvalue weighted by Gasteiger charge is -2.32. The average Bonchev–Trinajstić information content (AvgIpc) is 3.14. The molecular formula is C43H53NO10. The van der Waals surface area contributed by atoms with Crippen molar-refractivity contribution in [2.75, 3.05) is 13.2 Å². The number of nitrogens with one attached hydrogen (secondary N) is 1. The van der Waals surface area contributed by atoms with Gasteiger partial charge in [0.15, 0.2) is 6.10 Å². The largest absolute Gasteiger partial charge is 0.507 e. The van der Waals surface area contributed by atoms with E-state index in [4.69, 9.17) is 19.3 Å². The molecule has 0 bridgehead atoms. The first kappa shape index (κ1) is 44.5. The van der Waals surface area contributed by atoms with Crippen molar-refractivity contribution in [3.8, 4) is 11.5 Å². The van der Waals surface area contributed by atoms with Gasteiger partial charge in [-0.05, 0) is 69.2 Å². The molecule has 0 aromatic heterocycles. The number of esters is 3. The van der Waals surface area contributed by atoms with Crippen molar-refractivity contribution in [2.24, 2.45) is 5.41 Å². The molecule has 11 heteroatoms. The monoisotopic (exact) mass is 743 g/mol. The molecule has 1 amide bonds. The van der Waals surface area contributed by atoms with E-state index in [2.05, 4.69) is 60.8 Å². The fraction of sp³-hybridized carbons (Fsp3) is 0.372. The van der Waals surface area contributed by atoms with E-state index in [0.717, 1.165) is 32.1 Å². The Morgan fingerprint density at radius 3 is 1.89 bits per heavy atom. The summed E-state index contributed by atoms with van der Waals surface area (Å²) in [5.41, 5.74) is -1.58. The highest BCUT2D eigenvalue weighted by molar-refractivity contribution is 5.98. The van der Waals surface area contributed by atoms with E-state index in [0.29, 0.717) is 12.8 Å². The van der Waals surface area contributed by atoms with Gasteiger partial charge in [-0.25, -0.2) is 9.59 Å². The van der Waals surface area contributed by atoms with Crippen molar-refractivity contribution in [1.82, 2.24) is 5.32 Å². The van der Waals surface area contributed by atoms with Gasteiger partial charge in [-0.15, -0.1) is 0 Å². The van der Waals surface area contributed by atoms with E-state index in [1.165, 1.54) is 48.5 Å². The van der Waals surface area contributed by atoms with E-state index in [1.54, 1.807) is 13.8 Å². The molecular weight excluding hydrogens is 690 g/mol. The maximum Gasteiger partial charge on any atom is 0.347 e. The number of carbonyl (C=O) groups is 5. The molecule has 290 valence electrons. The van der Waals surface area contributed by atoms with Crippen molar-refractivity contribution in [1.29, 1.82) is 0 Å². The first-order valence-electron chi connectivity index (χ1n) is 18.2. The Hall–Kier alpha value is -5.71. The van der Waals surface area contributed by atoms with Crippen LogP contribution >= 0.6 is 0 Å². The van der Waals surface area contributed by atoms with E-state index in [1.807, 2.05) is 12.2 Å². The van der Waals surface area contributed by atoms with Crippen LogP contribution in [0.4, 0.5) is 0 Å². The Morgan fingerprint density at radius 1 is 0.741 bits per heavy atom. The number of phenols is 1. The molecule has 3 N–H and O–H groups in total. The van der Waals surface area contributed by atoms with Crippen LogP contribution in [0.3, 0.4) is 0 Å². The van der Waals surface area contributed by atoms with Crippen molar-refractivity contribution < 1.29 is 48.4 Å². The summed E-state index contributed by atoms with van der Waals surface area (Å²) >= 11 is 0. The number of carbonyl (C=O) groups excluding carboxylic acids is 4. The molecule has 0 heterocycles. The molecule has 0 aliphatic rings. The Bertz CT molecular complexity index is 1670. The quantitative estimate of drug-likeness (QED) is 0.0413. The molecule has 0 fully saturated rings. The number of phenolic OH excluding ortho intramolecular Hbond substituents is 1. The zero-order valence-electron chi connectivity index (χ0n) is 31.4. The van der Waals surface area contributed by atoms with E-state index in [-0.39, 0.29) is 48.6 Å². The van der Waals surface area contributed by atoms with Crippen LogP contribution in [0.5, 0.6) is 11.5 Å². The molecule has 11 nitrogen and oxygen atoms in total.